The molecule has 1 fully saturated rings. The molecule has 10 nitrogen and oxygen atoms in total. The number of hydrazone groups is 1. The SMILES string of the molecule is C=C(N=C(OC)C1=C(C)CCC1NCC1CCC(=O)N1)c1cccc(-c2ccc(F)c(NC(=O)C3=CC=NN(C)C3O)c2C)c1Cl. The first kappa shape index (κ1) is 33.1. The Morgan fingerprint density at radius 2 is 2.02 bits per heavy atom. The van der Waals surface area contributed by atoms with Crippen molar-refractivity contribution in [3.8, 4) is 11.1 Å². The minimum absolute atomic E-state index is 0.0134. The highest BCUT2D eigenvalue weighted by Gasteiger charge is 2.30. The number of nitrogens with one attached hydrogen (secondary N) is 3. The third kappa shape index (κ3) is 6.76. The number of halogens is 2. The lowest BCUT2D eigenvalue weighted by Crippen LogP contribution is -2.41. The highest BCUT2D eigenvalue weighted by molar-refractivity contribution is 6.35. The van der Waals surface area contributed by atoms with E-state index in [0.29, 0.717) is 51.8 Å². The highest BCUT2D eigenvalue weighted by atomic mass is 35.5. The fourth-order valence-corrected chi connectivity index (χ4v) is 6.36. The Hall–Kier alpha value is -4.32. The molecular weight excluding hydrogens is 611 g/mol. The molecule has 2 heterocycles. The summed E-state index contributed by atoms with van der Waals surface area (Å²) in [6.07, 6.45) is 4.63. The number of aliphatic imine (C=N–C) groups is 1. The number of ether oxygens (including phenoxy) is 1. The van der Waals surface area contributed by atoms with E-state index in [0.717, 1.165) is 30.4 Å². The van der Waals surface area contributed by atoms with Crippen LogP contribution in [0.3, 0.4) is 0 Å². The zero-order valence-electron chi connectivity index (χ0n) is 26.3. The Morgan fingerprint density at radius 1 is 1.24 bits per heavy atom. The summed E-state index contributed by atoms with van der Waals surface area (Å²) in [7, 11) is 3.10. The molecule has 3 aliphatic rings. The maximum Gasteiger partial charge on any atom is 0.256 e. The third-order valence-corrected chi connectivity index (χ3v) is 9.03. The van der Waals surface area contributed by atoms with Crippen molar-refractivity contribution in [3.05, 3.63) is 81.7 Å². The van der Waals surface area contributed by atoms with Gasteiger partial charge < -0.3 is 25.8 Å². The van der Waals surface area contributed by atoms with Crippen LogP contribution in [0.1, 0.15) is 43.7 Å². The fourth-order valence-electron chi connectivity index (χ4n) is 6.02. The Balaban J connectivity index is 1.40. The van der Waals surface area contributed by atoms with E-state index in [2.05, 4.69) is 34.6 Å². The van der Waals surface area contributed by atoms with Gasteiger partial charge in [0.25, 0.3) is 5.91 Å². The second-order valence-corrected chi connectivity index (χ2v) is 12.0. The molecule has 242 valence electrons. The molecule has 0 saturated carbocycles. The quantitative estimate of drug-likeness (QED) is 0.226. The zero-order valence-corrected chi connectivity index (χ0v) is 27.0. The number of benzene rings is 2. The normalized spacial score (nSPS) is 21.4. The second kappa shape index (κ2) is 14.0. The van der Waals surface area contributed by atoms with Gasteiger partial charge in [0.05, 0.1) is 29.1 Å². The van der Waals surface area contributed by atoms with Gasteiger partial charge in [0.1, 0.15) is 5.82 Å². The number of hydrogen-bond donors (Lipinski definition) is 4. The summed E-state index contributed by atoms with van der Waals surface area (Å²) in [6.45, 7) is 8.60. The van der Waals surface area contributed by atoms with E-state index in [1.54, 1.807) is 32.2 Å². The molecule has 0 aromatic heterocycles. The van der Waals surface area contributed by atoms with E-state index in [9.17, 15) is 14.7 Å². The van der Waals surface area contributed by atoms with Crippen LogP contribution in [0.2, 0.25) is 5.02 Å². The molecule has 3 atom stereocenters. The minimum atomic E-state index is -1.27. The molecule has 4 N–H and O–H groups in total. The summed E-state index contributed by atoms with van der Waals surface area (Å²) in [6, 6.07) is 8.39. The van der Waals surface area contributed by atoms with E-state index in [1.807, 2.05) is 6.07 Å². The number of anilines is 1. The smallest absolute Gasteiger partial charge is 0.256 e. The molecule has 1 saturated heterocycles. The lowest BCUT2D eigenvalue weighted by molar-refractivity contribution is -0.119. The van der Waals surface area contributed by atoms with Crippen LogP contribution in [0.5, 0.6) is 0 Å². The lowest BCUT2D eigenvalue weighted by atomic mass is 9.96. The molecular formula is C34H38ClFN6O4. The summed E-state index contributed by atoms with van der Waals surface area (Å²) in [5.41, 5.74) is 4.72. The van der Waals surface area contributed by atoms with Crippen LogP contribution in [0.25, 0.3) is 16.8 Å². The second-order valence-electron chi connectivity index (χ2n) is 11.6. The van der Waals surface area contributed by atoms with Gasteiger partial charge in [0.2, 0.25) is 11.8 Å². The lowest BCUT2D eigenvalue weighted by Gasteiger charge is -2.25. The number of likely N-dealkylation sites (N-methyl/N-ethyl adjacent to an activating group) is 1. The van der Waals surface area contributed by atoms with Crippen molar-refractivity contribution >= 4 is 46.9 Å². The van der Waals surface area contributed by atoms with Crippen molar-refractivity contribution in [2.45, 2.75) is 57.8 Å². The molecule has 2 aromatic rings. The predicted octanol–water partition coefficient (Wildman–Crippen LogP) is 4.93. The Bertz CT molecular complexity index is 1700. The van der Waals surface area contributed by atoms with Gasteiger partial charge in [-0.1, -0.05) is 48.0 Å². The van der Waals surface area contributed by atoms with E-state index in [1.165, 1.54) is 30.4 Å². The minimum Gasteiger partial charge on any atom is -0.481 e. The first-order valence-corrected chi connectivity index (χ1v) is 15.5. The number of methoxy groups -OCH3 is 1. The summed E-state index contributed by atoms with van der Waals surface area (Å²) < 4.78 is 20.9. The Morgan fingerprint density at radius 3 is 2.74 bits per heavy atom. The number of rotatable bonds is 9. The topological polar surface area (TPSA) is 128 Å². The van der Waals surface area contributed by atoms with Crippen molar-refractivity contribution in [1.82, 2.24) is 15.6 Å². The number of carbonyl (C=O) groups is 2. The van der Waals surface area contributed by atoms with Crippen LogP contribution in [-0.2, 0) is 14.3 Å². The van der Waals surface area contributed by atoms with Crippen molar-refractivity contribution in [3.63, 3.8) is 0 Å². The first-order chi connectivity index (χ1) is 22.0. The van der Waals surface area contributed by atoms with E-state index in [-0.39, 0.29) is 29.3 Å². The molecule has 46 heavy (non-hydrogen) atoms. The van der Waals surface area contributed by atoms with Gasteiger partial charge in [-0.15, -0.1) is 0 Å². The number of aliphatic hydroxyl groups is 1. The maximum atomic E-state index is 15.1. The first-order valence-electron chi connectivity index (χ1n) is 15.1. The van der Waals surface area contributed by atoms with Gasteiger partial charge in [-0.3, -0.25) is 14.6 Å². The van der Waals surface area contributed by atoms with Gasteiger partial charge in [0.15, 0.2) is 6.23 Å². The van der Waals surface area contributed by atoms with Crippen LogP contribution in [0.15, 0.2) is 69.8 Å². The predicted molar refractivity (Wildman–Crippen MR) is 179 cm³/mol. The standard InChI is InChI=1S/C34H38ClFN6O4/c1-18-9-13-27(37-17-21-10-14-28(43)40-21)29(18)33(46-5)39-20(3)23-7-6-8-24(30(23)35)22-11-12-26(36)31(19(22)2)41-32(44)25-15-16-38-42(4)34(25)45/h6-8,11-12,15-16,21,27,34,37,45H,3,9-10,13-14,17H2,1-2,4-5H3,(H,40,43)(H,41,44). The largest absolute Gasteiger partial charge is 0.481 e. The van der Waals surface area contributed by atoms with Crippen LogP contribution in [0, 0.1) is 12.7 Å². The summed E-state index contributed by atoms with van der Waals surface area (Å²) >= 11 is 6.97. The van der Waals surface area contributed by atoms with E-state index in [4.69, 9.17) is 21.3 Å². The van der Waals surface area contributed by atoms with Gasteiger partial charge in [-0.25, -0.2) is 9.38 Å². The average molecular weight is 649 g/mol. The highest BCUT2D eigenvalue weighted by Crippen LogP contribution is 2.39. The molecule has 0 radical (unpaired) electrons. The molecule has 12 heteroatoms. The molecule has 1 aliphatic carbocycles. The maximum absolute atomic E-state index is 15.1. The number of allylic oxidation sites excluding steroid dienone is 2. The van der Waals surface area contributed by atoms with Crippen LogP contribution < -0.4 is 16.0 Å². The van der Waals surface area contributed by atoms with Crippen molar-refractivity contribution < 1.29 is 23.8 Å². The third-order valence-electron chi connectivity index (χ3n) is 8.62. The van der Waals surface area contributed by atoms with Crippen LogP contribution >= 0.6 is 11.6 Å². The molecule has 2 amide bonds. The number of aliphatic hydroxyl groups excluding tert-OH is 1. The molecule has 0 spiro atoms. The number of carbonyl (C=O) groups excluding carboxylic acids is 2. The van der Waals surface area contributed by atoms with Gasteiger partial charge >= 0.3 is 0 Å². The summed E-state index contributed by atoms with van der Waals surface area (Å²) in [5.74, 6) is -0.770. The van der Waals surface area contributed by atoms with Gasteiger partial charge in [-0.2, -0.15) is 5.10 Å². The van der Waals surface area contributed by atoms with Crippen molar-refractivity contribution in [2.75, 3.05) is 26.0 Å². The molecule has 3 unspecified atom stereocenters. The molecule has 5 rings (SSSR count). The number of nitrogens with zero attached hydrogens (tertiary/aromatic N) is 3. The summed E-state index contributed by atoms with van der Waals surface area (Å²) in [4.78, 5) is 29.4. The number of amides is 2. The molecule has 2 aliphatic heterocycles. The van der Waals surface area contributed by atoms with Gasteiger partial charge in [-0.05, 0) is 56.4 Å². The van der Waals surface area contributed by atoms with E-state index < -0.39 is 18.0 Å². The zero-order chi connectivity index (χ0) is 33.1. The van der Waals surface area contributed by atoms with Crippen LogP contribution in [-0.4, -0.2) is 73.1 Å². The monoisotopic (exact) mass is 648 g/mol. The van der Waals surface area contributed by atoms with Crippen molar-refractivity contribution in [2.24, 2.45) is 10.1 Å². The summed E-state index contributed by atoms with van der Waals surface area (Å²) in [5, 5.41) is 25.0. The average Bonchev–Trinajstić information content (AvgIpc) is 3.62. The van der Waals surface area contributed by atoms with E-state index >= 15 is 4.39 Å². The van der Waals surface area contributed by atoms with Crippen molar-refractivity contribution in [1.29, 1.82) is 0 Å². The Kier molecular flexibility index (Phi) is 10.0. The number of hydrogen-bond acceptors (Lipinski definition) is 8. The molecule has 0 bridgehead atoms. The Labute approximate surface area is 272 Å². The van der Waals surface area contributed by atoms with Gasteiger partial charge in [0, 0.05) is 55.0 Å². The fraction of sp³-hybridized carbons (Fsp3) is 0.353. The molecule has 2 aromatic carbocycles. The van der Waals surface area contributed by atoms with Crippen LogP contribution in [0.4, 0.5) is 10.1 Å².